The van der Waals surface area contributed by atoms with Gasteiger partial charge in [0.2, 0.25) is 5.88 Å². The van der Waals surface area contributed by atoms with Crippen molar-refractivity contribution in [3.63, 3.8) is 0 Å². The van der Waals surface area contributed by atoms with Gasteiger partial charge >= 0.3 is 0 Å². The molecule has 0 radical (unpaired) electrons. The molecular formula is C11H13N5O. The van der Waals surface area contributed by atoms with Crippen molar-refractivity contribution in [1.29, 1.82) is 0 Å². The molecule has 0 spiro atoms. The van der Waals surface area contributed by atoms with E-state index in [1.165, 1.54) is 0 Å². The van der Waals surface area contributed by atoms with E-state index >= 15 is 0 Å². The van der Waals surface area contributed by atoms with Crippen LogP contribution in [-0.2, 0) is 0 Å². The zero-order chi connectivity index (χ0) is 12.4. The van der Waals surface area contributed by atoms with Gasteiger partial charge in [0.05, 0.1) is 7.11 Å². The van der Waals surface area contributed by atoms with Crippen LogP contribution in [0.4, 0.5) is 5.82 Å². The van der Waals surface area contributed by atoms with E-state index in [1.54, 1.807) is 19.5 Å². The number of ether oxygens (including phenoxy) is 1. The Labute approximate surface area is 98.9 Å². The van der Waals surface area contributed by atoms with Crippen molar-refractivity contribution >= 4 is 5.82 Å². The molecule has 0 bridgehead atoms. The van der Waals surface area contributed by atoms with Gasteiger partial charge in [-0.1, -0.05) is 0 Å². The molecule has 0 atom stereocenters. The van der Waals surface area contributed by atoms with Crippen LogP contribution in [0.15, 0.2) is 12.4 Å². The van der Waals surface area contributed by atoms with Gasteiger partial charge < -0.3 is 10.5 Å². The predicted octanol–water partition coefficient (Wildman–Crippen LogP) is 1.14. The van der Waals surface area contributed by atoms with Crippen LogP contribution >= 0.6 is 0 Å². The Morgan fingerprint density at radius 1 is 1.00 bits per heavy atom. The van der Waals surface area contributed by atoms with Crippen LogP contribution in [0, 0.1) is 13.8 Å². The van der Waals surface area contributed by atoms with E-state index in [0.717, 1.165) is 11.1 Å². The smallest absolute Gasteiger partial charge is 0.242 e. The summed E-state index contributed by atoms with van der Waals surface area (Å²) in [6, 6.07) is 0. The first-order valence-corrected chi connectivity index (χ1v) is 5.10. The summed E-state index contributed by atoms with van der Waals surface area (Å²) >= 11 is 0. The SMILES string of the molecule is COc1nccnc1-c1nnc(N)c(C)c1C. The molecule has 88 valence electrons. The summed E-state index contributed by atoms with van der Waals surface area (Å²) in [6.07, 6.45) is 3.15. The van der Waals surface area contributed by atoms with Gasteiger partial charge in [-0.3, -0.25) is 0 Å². The quantitative estimate of drug-likeness (QED) is 0.834. The number of hydrogen-bond donors (Lipinski definition) is 1. The Morgan fingerprint density at radius 3 is 2.41 bits per heavy atom. The van der Waals surface area contributed by atoms with Gasteiger partial charge in [0.15, 0.2) is 5.69 Å². The standard InChI is InChI=1S/C11H13N5O/c1-6-7(2)10(12)16-15-8(6)9-11(17-3)14-5-4-13-9/h4-5H,1-3H3,(H2,12,16). The van der Waals surface area contributed by atoms with E-state index in [9.17, 15) is 0 Å². The summed E-state index contributed by atoms with van der Waals surface area (Å²) < 4.78 is 5.15. The minimum atomic E-state index is 0.425. The molecule has 17 heavy (non-hydrogen) atoms. The lowest BCUT2D eigenvalue weighted by Gasteiger charge is -2.09. The van der Waals surface area contributed by atoms with Crippen molar-refractivity contribution in [2.75, 3.05) is 12.8 Å². The largest absolute Gasteiger partial charge is 0.479 e. The second kappa shape index (κ2) is 4.32. The third-order valence-corrected chi connectivity index (χ3v) is 2.64. The fourth-order valence-corrected chi connectivity index (χ4v) is 1.49. The summed E-state index contributed by atoms with van der Waals surface area (Å²) in [5.74, 6) is 0.850. The predicted molar refractivity (Wildman–Crippen MR) is 63.5 cm³/mol. The molecule has 2 aromatic rings. The molecule has 2 rings (SSSR count). The maximum atomic E-state index is 5.70. The Balaban J connectivity index is 2.65. The lowest BCUT2D eigenvalue weighted by Crippen LogP contribution is -2.04. The van der Waals surface area contributed by atoms with Crippen LogP contribution in [-0.4, -0.2) is 27.3 Å². The number of hydrogen-bond acceptors (Lipinski definition) is 6. The van der Waals surface area contributed by atoms with E-state index in [0.29, 0.717) is 23.1 Å². The van der Waals surface area contributed by atoms with Crippen molar-refractivity contribution in [1.82, 2.24) is 20.2 Å². The number of aromatic nitrogens is 4. The summed E-state index contributed by atoms with van der Waals surface area (Å²) in [7, 11) is 1.54. The first kappa shape index (κ1) is 11.3. The second-order valence-corrected chi connectivity index (χ2v) is 3.60. The molecule has 0 aliphatic heterocycles. The topological polar surface area (TPSA) is 86.8 Å². The number of nitrogens with two attached hydrogens (primary N) is 1. The van der Waals surface area contributed by atoms with Gasteiger partial charge in [0.25, 0.3) is 0 Å². The van der Waals surface area contributed by atoms with Crippen molar-refractivity contribution < 1.29 is 4.74 Å². The molecule has 2 aromatic heterocycles. The highest BCUT2D eigenvalue weighted by molar-refractivity contribution is 5.66. The summed E-state index contributed by atoms with van der Waals surface area (Å²) in [4.78, 5) is 8.30. The molecule has 0 fully saturated rings. The van der Waals surface area contributed by atoms with Crippen LogP contribution in [0.5, 0.6) is 5.88 Å². The van der Waals surface area contributed by atoms with Gasteiger partial charge in [0.1, 0.15) is 11.5 Å². The molecule has 0 unspecified atom stereocenters. The van der Waals surface area contributed by atoms with Crippen LogP contribution in [0.3, 0.4) is 0 Å². The Kier molecular flexibility index (Phi) is 2.86. The number of methoxy groups -OCH3 is 1. The van der Waals surface area contributed by atoms with E-state index in [4.69, 9.17) is 10.5 Å². The van der Waals surface area contributed by atoms with Crippen molar-refractivity contribution in [3.05, 3.63) is 23.5 Å². The highest BCUT2D eigenvalue weighted by Gasteiger charge is 2.15. The summed E-state index contributed by atoms with van der Waals surface area (Å²) in [5.41, 5.74) is 8.73. The average Bonchev–Trinajstić information content (AvgIpc) is 2.36. The second-order valence-electron chi connectivity index (χ2n) is 3.60. The Bertz CT molecular complexity index is 556. The number of nitrogens with zero attached hydrogens (tertiary/aromatic N) is 4. The fourth-order valence-electron chi connectivity index (χ4n) is 1.49. The first-order chi connectivity index (χ1) is 8.15. The molecular weight excluding hydrogens is 218 g/mol. The van der Waals surface area contributed by atoms with Gasteiger partial charge in [-0.2, -0.15) is 0 Å². The average molecular weight is 231 g/mol. The van der Waals surface area contributed by atoms with Gasteiger partial charge in [-0.25, -0.2) is 9.97 Å². The fraction of sp³-hybridized carbons (Fsp3) is 0.273. The molecule has 0 aliphatic carbocycles. The lowest BCUT2D eigenvalue weighted by molar-refractivity contribution is 0.397. The van der Waals surface area contributed by atoms with Crippen LogP contribution in [0.25, 0.3) is 11.4 Å². The molecule has 0 saturated heterocycles. The number of nitrogen functional groups attached to an aromatic ring is 1. The summed E-state index contributed by atoms with van der Waals surface area (Å²) in [5, 5.41) is 7.96. The van der Waals surface area contributed by atoms with E-state index < -0.39 is 0 Å². The minimum absolute atomic E-state index is 0.425. The zero-order valence-corrected chi connectivity index (χ0v) is 9.93. The van der Waals surface area contributed by atoms with Gasteiger partial charge in [-0.05, 0) is 25.0 Å². The number of rotatable bonds is 2. The first-order valence-electron chi connectivity index (χ1n) is 5.10. The molecule has 2 N–H and O–H groups in total. The molecule has 6 nitrogen and oxygen atoms in total. The molecule has 6 heteroatoms. The van der Waals surface area contributed by atoms with Crippen LogP contribution in [0.2, 0.25) is 0 Å². The molecule has 2 heterocycles. The molecule has 0 aliphatic rings. The molecule has 0 saturated carbocycles. The highest BCUT2D eigenvalue weighted by Crippen LogP contribution is 2.28. The van der Waals surface area contributed by atoms with E-state index in [-0.39, 0.29) is 0 Å². The zero-order valence-electron chi connectivity index (χ0n) is 9.93. The molecule has 0 aromatic carbocycles. The van der Waals surface area contributed by atoms with Crippen LogP contribution < -0.4 is 10.5 Å². The third kappa shape index (κ3) is 1.89. The normalized spacial score (nSPS) is 10.3. The highest BCUT2D eigenvalue weighted by atomic mass is 16.5. The maximum Gasteiger partial charge on any atom is 0.242 e. The van der Waals surface area contributed by atoms with E-state index in [1.807, 2.05) is 13.8 Å². The Hall–Kier alpha value is -2.24. The maximum absolute atomic E-state index is 5.70. The molecule has 0 amide bonds. The lowest BCUT2D eigenvalue weighted by atomic mass is 10.1. The third-order valence-electron chi connectivity index (χ3n) is 2.64. The van der Waals surface area contributed by atoms with Crippen LogP contribution in [0.1, 0.15) is 11.1 Å². The van der Waals surface area contributed by atoms with Gasteiger partial charge in [0, 0.05) is 12.4 Å². The van der Waals surface area contributed by atoms with Crippen molar-refractivity contribution in [2.24, 2.45) is 0 Å². The van der Waals surface area contributed by atoms with Gasteiger partial charge in [-0.15, -0.1) is 10.2 Å². The minimum Gasteiger partial charge on any atom is -0.479 e. The Morgan fingerprint density at radius 2 is 1.71 bits per heavy atom. The number of anilines is 1. The summed E-state index contributed by atoms with van der Waals surface area (Å²) in [6.45, 7) is 3.81. The van der Waals surface area contributed by atoms with E-state index in [2.05, 4.69) is 20.2 Å². The van der Waals surface area contributed by atoms with Crippen molar-refractivity contribution in [2.45, 2.75) is 13.8 Å². The van der Waals surface area contributed by atoms with Crippen molar-refractivity contribution in [3.8, 4) is 17.3 Å². The monoisotopic (exact) mass is 231 g/mol.